The largest absolute Gasteiger partial charge is 0.338 e. The molecule has 3 rings (SSSR count). The fourth-order valence-corrected chi connectivity index (χ4v) is 3.96. The molecule has 1 aliphatic heterocycles. The number of likely N-dealkylation sites (tertiary alicyclic amines) is 1. The van der Waals surface area contributed by atoms with Crippen molar-refractivity contribution in [1.29, 1.82) is 0 Å². The predicted molar refractivity (Wildman–Crippen MR) is 104 cm³/mol. The third kappa shape index (κ3) is 4.41. The monoisotopic (exact) mass is 397 g/mol. The summed E-state index contributed by atoms with van der Waals surface area (Å²) in [5.41, 5.74) is 6.74. The summed E-state index contributed by atoms with van der Waals surface area (Å²) >= 11 is 1.24. The summed E-state index contributed by atoms with van der Waals surface area (Å²) in [4.78, 5) is 27.3. The molecule has 2 heterocycles. The number of anilines is 1. The number of nitrogens with one attached hydrogen (secondary N) is 1. The Labute approximate surface area is 161 Å². The average molecular weight is 398 g/mol. The van der Waals surface area contributed by atoms with Crippen molar-refractivity contribution >= 4 is 40.6 Å². The maximum Gasteiger partial charge on any atom is 0.264 e. The zero-order valence-corrected chi connectivity index (χ0v) is 16.0. The number of rotatable bonds is 4. The first kappa shape index (κ1) is 20.4. The van der Waals surface area contributed by atoms with Gasteiger partial charge in [-0.15, -0.1) is 23.7 Å². The van der Waals surface area contributed by atoms with E-state index in [1.165, 1.54) is 29.5 Å². The number of carbonyl (C=O) groups excluding carboxylic acids is 2. The van der Waals surface area contributed by atoms with Crippen molar-refractivity contribution in [3.8, 4) is 0 Å². The van der Waals surface area contributed by atoms with Crippen LogP contribution in [0.2, 0.25) is 0 Å². The predicted octanol–water partition coefficient (Wildman–Crippen LogP) is 3.29. The highest BCUT2D eigenvalue weighted by molar-refractivity contribution is 7.18. The third-order valence-electron chi connectivity index (χ3n) is 4.34. The molecule has 8 heteroatoms. The first-order valence-electron chi connectivity index (χ1n) is 8.14. The Hall–Kier alpha value is -1.96. The molecule has 1 atom stereocenters. The lowest BCUT2D eigenvalue weighted by atomic mass is 10.1. The van der Waals surface area contributed by atoms with Crippen molar-refractivity contribution in [3.05, 3.63) is 52.2 Å². The number of amides is 2. The van der Waals surface area contributed by atoms with Crippen molar-refractivity contribution in [1.82, 2.24) is 4.90 Å². The molecule has 3 N–H and O–H groups in total. The zero-order chi connectivity index (χ0) is 18.0. The summed E-state index contributed by atoms with van der Waals surface area (Å²) in [6.45, 7) is 3.82. The van der Waals surface area contributed by atoms with Gasteiger partial charge in [-0.05, 0) is 55.6 Å². The number of nitrogens with two attached hydrogens (primary N) is 1. The minimum absolute atomic E-state index is 0. The summed E-state index contributed by atoms with van der Waals surface area (Å²) in [7, 11) is 0. The van der Waals surface area contributed by atoms with E-state index in [0.29, 0.717) is 35.4 Å². The van der Waals surface area contributed by atoms with Crippen LogP contribution in [0.25, 0.3) is 0 Å². The van der Waals surface area contributed by atoms with E-state index >= 15 is 0 Å². The molecule has 5 nitrogen and oxygen atoms in total. The molecule has 1 fully saturated rings. The molecule has 0 aliphatic carbocycles. The Morgan fingerprint density at radius 2 is 2.15 bits per heavy atom. The van der Waals surface area contributed by atoms with Crippen LogP contribution in [0.5, 0.6) is 0 Å². The highest BCUT2D eigenvalue weighted by atomic mass is 35.5. The number of thiophene rings is 1. The molecule has 0 saturated carbocycles. The summed E-state index contributed by atoms with van der Waals surface area (Å²) < 4.78 is 13.2. The van der Waals surface area contributed by atoms with Crippen molar-refractivity contribution < 1.29 is 14.0 Å². The topological polar surface area (TPSA) is 75.4 Å². The molecule has 2 amide bonds. The fraction of sp³-hybridized carbons (Fsp3) is 0.333. The van der Waals surface area contributed by atoms with Crippen molar-refractivity contribution in [2.75, 3.05) is 25.0 Å². The van der Waals surface area contributed by atoms with Gasteiger partial charge in [0.25, 0.3) is 11.8 Å². The van der Waals surface area contributed by atoms with Gasteiger partial charge in [-0.3, -0.25) is 9.59 Å². The quantitative estimate of drug-likeness (QED) is 0.831. The van der Waals surface area contributed by atoms with Crippen LogP contribution in [-0.4, -0.2) is 36.3 Å². The normalized spacial score (nSPS) is 16.3. The van der Waals surface area contributed by atoms with E-state index in [4.69, 9.17) is 5.73 Å². The first-order chi connectivity index (χ1) is 12.0. The molecule has 1 aliphatic rings. The molecule has 26 heavy (non-hydrogen) atoms. The Kier molecular flexibility index (Phi) is 6.75. The molecule has 0 bridgehead atoms. The van der Waals surface area contributed by atoms with Crippen LogP contribution in [0.1, 0.15) is 32.0 Å². The standard InChI is InChI=1S/C18H20FN3O2S.ClH/c1-11-7-15(21-17(23)13-3-2-4-14(19)8-13)25-16(11)18(24)22-6-5-12(9-20)10-22;/h2-4,7-8,12H,5-6,9-10,20H2,1H3,(H,21,23);1H. The van der Waals surface area contributed by atoms with Crippen molar-refractivity contribution in [2.45, 2.75) is 13.3 Å². The number of halogens is 2. The lowest BCUT2D eigenvalue weighted by molar-refractivity contribution is 0.0791. The van der Waals surface area contributed by atoms with Crippen molar-refractivity contribution in [3.63, 3.8) is 0 Å². The van der Waals surface area contributed by atoms with Crippen LogP contribution in [0.3, 0.4) is 0 Å². The van der Waals surface area contributed by atoms with E-state index in [1.54, 1.807) is 12.1 Å². The SMILES string of the molecule is Cc1cc(NC(=O)c2cccc(F)c2)sc1C(=O)N1CCC(CN)C1.Cl. The van der Waals surface area contributed by atoms with Gasteiger partial charge in [-0.25, -0.2) is 4.39 Å². The number of nitrogens with zero attached hydrogens (tertiary/aromatic N) is 1. The van der Waals surface area contributed by atoms with E-state index in [2.05, 4.69) is 5.32 Å². The number of benzene rings is 1. The highest BCUT2D eigenvalue weighted by Crippen LogP contribution is 2.30. The fourth-order valence-electron chi connectivity index (χ4n) is 2.92. The Morgan fingerprint density at radius 3 is 2.81 bits per heavy atom. The van der Waals surface area contributed by atoms with Crippen LogP contribution in [-0.2, 0) is 0 Å². The number of hydrogen-bond acceptors (Lipinski definition) is 4. The molecule has 1 unspecified atom stereocenters. The van der Waals surface area contributed by atoms with Gasteiger partial charge in [-0.1, -0.05) is 6.07 Å². The molecular formula is C18H21ClFN3O2S. The van der Waals surface area contributed by atoms with E-state index in [-0.39, 0.29) is 23.9 Å². The van der Waals surface area contributed by atoms with Crippen molar-refractivity contribution in [2.24, 2.45) is 11.7 Å². The van der Waals surface area contributed by atoms with Crippen LogP contribution in [0, 0.1) is 18.7 Å². The van der Waals surface area contributed by atoms with Gasteiger partial charge < -0.3 is 16.0 Å². The molecule has 140 valence electrons. The lowest BCUT2D eigenvalue weighted by Crippen LogP contribution is -2.29. The Balaban J connectivity index is 0.00000243. The van der Waals surface area contributed by atoms with Gasteiger partial charge in [0.15, 0.2) is 0 Å². The number of aryl methyl sites for hydroxylation is 1. The van der Waals surface area contributed by atoms with Gasteiger partial charge >= 0.3 is 0 Å². The lowest BCUT2D eigenvalue weighted by Gasteiger charge is -2.15. The molecule has 1 aromatic heterocycles. The third-order valence-corrected chi connectivity index (χ3v) is 5.48. The molecule has 1 saturated heterocycles. The van der Waals surface area contributed by atoms with Crippen LogP contribution < -0.4 is 11.1 Å². The second-order valence-electron chi connectivity index (χ2n) is 6.23. The molecular weight excluding hydrogens is 377 g/mol. The van der Waals surface area contributed by atoms with E-state index in [9.17, 15) is 14.0 Å². The number of carbonyl (C=O) groups is 2. The summed E-state index contributed by atoms with van der Waals surface area (Å²) in [6.07, 6.45) is 0.926. The molecule has 0 radical (unpaired) electrons. The van der Waals surface area contributed by atoms with Gasteiger partial charge in [0, 0.05) is 18.7 Å². The second-order valence-corrected chi connectivity index (χ2v) is 7.28. The number of hydrogen-bond donors (Lipinski definition) is 2. The van der Waals surface area contributed by atoms with E-state index in [1.807, 2.05) is 11.8 Å². The van der Waals surface area contributed by atoms with Gasteiger partial charge in [0.1, 0.15) is 5.82 Å². The van der Waals surface area contributed by atoms with Crippen LogP contribution in [0.4, 0.5) is 9.39 Å². The van der Waals surface area contributed by atoms with Crippen LogP contribution >= 0.6 is 23.7 Å². The Morgan fingerprint density at radius 1 is 1.38 bits per heavy atom. The highest BCUT2D eigenvalue weighted by Gasteiger charge is 2.28. The second kappa shape index (κ2) is 8.62. The van der Waals surface area contributed by atoms with E-state index in [0.717, 1.165) is 12.0 Å². The van der Waals surface area contributed by atoms with Gasteiger partial charge in [0.2, 0.25) is 0 Å². The van der Waals surface area contributed by atoms with Crippen LogP contribution in [0.15, 0.2) is 30.3 Å². The zero-order valence-electron chi connectivity index (χ0n) is 14.3. The maximum atomic E-state index is 13.2. The maximum absolute atomic E-state index is 13.2. The summed E-state index contributed by atoms with van der Waals surface area (Å²) in [6, 6.07) is 7.26. The van der Waals surface area contributed by atoms with Gasteiger partial charge in [0.05, 0.1) is 9.88 Å². The smallest absolute Gasteiger partial charge is 0.264 e. The first-order valence-corrected chi connectivity index (χ1v) is 8.96. The minimum atomic E-state index is -0.464. The summed E-state index contributed by atoms with van der Waals surface area (Å²) in [5, 5.41) is 3.31. The Bertz CT molecular complexity index is 811. The summed E-state index contributed by atoms with van der Waals surface area (Å²) in [5.74, 6) is -0.528. The minimum Gasteiger partial charge on any atom is -0.338 e. The molecule has 2 aromatic rings. The van der Waals surface area contributed by atoms with Gasteiger partial charge in [-0.2, -0.15) is 0 Å². The van der Waals surface area contributed by atoms with E-state index < -0.39 is 11.7 Å². The molecule has 1 aromatic carbocycles. The average Bonchev–Trinajstić information content (AvgIpc) is 3.21. The molecule has 0 spiro atoms.